The van der Waals surface area contributed by atoms with Gasteiger partial charge in [0.05, 0.1) is 6.20 Å². The molecule has 0 fully saturated rings. The quantitative estimate of drug-likeness (QED) is 0.862. The third-order valence-corrected chi connectivity index (χ3v) is 3.62. The minimum absolute atomic E-state index is 0.408. The summed E-state index contributed by atoms with van der Waals surface area (Å²) in [5.74, 6) is 0. The highest BCUT2D eigenvalue weighted by Crippen LogP contribution is 2.19. The molecule has 0 aliphatic carbocycles. The molecule has 2 rings (SSSR count). The zero-order valence-electron chi connectivity index (χ0n) is 12.1. The Bertz CT molecular complexity index is 499. The van der Waals surface area contributed by atoms with E-state index in [1.807, 2.05) is 25.0 Å². The van der Waals surface area contributed by atoms with Gasteiger partial charge in [-0.25, -0.2) is 0 Å². The Morgan fingerprint density at radius 3 is 2.47 bits per heavy atom. The molecule has 1 heterocycles. The standard InChI is InChI=1S/C16H23N3/c1-4-13-5-8-15(9-6-13)16(17-2)10-7-14-11-18-19(3)12-14/h5-6,8-9,11-12,16-17H,4,7,10H2,1-3H3. The van der Waals surface area contributed by atoms with Crippen molar-refractivity contribution in [2.45, 2.75) is 32.2 Å². The van der Waals surface area contributed by atoms with Crippen LogP contribution < -0.4 is 5.32 Å². The lowest BCUT2D eigenvalue weighted by Gasteiger charge is -2.16. The molecule has 0 amide bonds. The SMILES string of the molecule is CCc1ccc(C(CCc2cnn(C)c2)NC)cc1. The van der Waals surface area contributed by atoms with Crippen LogP contribution in [0, 0.1) is 0 Å². The fourth-order valence-electron chi connectivity index (χ4n) is 2.38. The largest absolute Gasteiger partial charge is 0.313 e. The molecule has 3 nitrogen and oxygen atoms in total. The predicted molar refractivity (Wildman–Crippen MR) is 79.1 cm³/mol. The summed E-state index contributed by atoms with van der Waals surface area (Å²) < 4.78 is 1.86. The van der Waals surface area contributed by atoms with E-state index in [1.165, 1.54) is 16.7 Å². The molecule has 1 aromatic carbocycles. The van der Waals surface area contributed by atoms with Gasteiger partial charge in [0, 0.05) is 19.3 Å². The average Bonchev–Trinajstić information content (AvgIpc) is 2.86. The molecule has 1 aromatic heterocycles. The monoisotopic (exact) mass is 257 g/mol. The van der Waals surface area contributed by atoms with Gasteiger partial charge in [0.15, 0.2) is 0 Å². The lowest BCUT2D eigenvalue weighted by atomic mass is 9.99. The van der Waals surface area contributed by atoms with Gasteiger partial charge in [-0.3, -0.25) is 4.68 Å². The molecule has 0 saturated carbocycles. The molecule has 2 aromatic rings. The van der Waals surface area contributed by atoms with Gasteiger partial charge in [-0.15, -0.1) is 0 Å². The normalized spacial score (nSPS) is 12.6. The molecular formula is C16H23N3. The smallest absolute Gasteiger partial charge is 0.0521 e. The van der Waals surface area contributed by atoms with Crippen LogP contribution in [-0.2, 0) is 19.9 Å². The summed E-state index contributed by atoms with van der Waals surface area (Å²) in [4.78, 5) is 0. The van der Waals surface area contributed by atoms with Crippen LogP contribution in [0.5, 0.6) is 0 Å². The van der Waals surface area contributed by atoms with Crippen LogP contribution in [0.2, 0.25) is 0 Å². The van der Waals surface area contributed by atoms with E-state index in [1.54, 1.807) is 0 Å². The molecule has 1 N–H and O–H groups in total. The second-order valence-electron chi connectivity index (χ2n) is 5.00. The number of aryl methyl sites for hydroxylation is 3. The molecule has 0 aliphatic heterocycles. The van der Waals surface area contributed by atoms with Crippen molar-refractivity contribution in [2.75, 3.05) is 7.05 Å². The number of nitrogens with zero attached hydrogens (tertiary/aromatic N) is 2. The summed E-state index contributed by atoms with van der Waals surface area (Å²) in [5.41, 5.74) is 4.06. The fraction of sp³-hybridized carbons (Fsp3) is 0.438. The molecule has 0 bridgehead atoms. The molecular weight excluding hydrogens is 234 g/mol. The second-order valence-corrected chi connectivity index (χ2v) is 5.00. The van der Waals surface area contributed by atoms with Gasteiger partial charge in [0.25, 0.3) is 0 Å². The predicted octanol–water partition coefficient (Wildman–Crippen LogP) is 2.88. The van der Waals surface area contributed by atoms with Crippen LogP contribution in [-0.4, -0.2) is 16.8 Å². The summed E-state index contributed by atoms with van der Waals surface area (Å²) in [7, 11) is 3.99. The van der Waals surface area contributed by atoms with Crippen LogP contribution >= 0.6 is 0 Å². The maximum Gasteiger partial charge on any atom is 0.0521 e. The Balaban J connectivity index is 1.98. The zero-order chi connectivity index (χ0) is 13.7. The van der Waals surface area contributed by atoms with Crippen molar-refractivity contribution in [2.24, 2.45) is 7.05 Å². The minimum Gasteiger partial charge on any atom is -0.313 e. The first kappa shape index (κ1) is 13.8. The molecule has 1 atom stereocenters. The summed E-state index contributed by atoms with van der Waals surface area (Å²) >= 11 is 0. The Morgan fingerprint density at radius 1 is 1.21 bits per heavy atom. The van der Waals surface area contributed by atoms with Crippen LogP contribution in [0.4, 0.5) is 0 Å². The lowest BCUT2D eigenvalue weighted by molar-refractivity contribution is 0.549. The first-order valence-corrected chi connectivity index (χ1v) is 6.96. The van der Waals surface area contributed by atoms with E-state index in [-0.39, 0.29) is 0 Å². The maximum absolute atomic E-state index is 4.21. The molecule has 0 saturated heterocycles. The van der Waals surface area contributed by atoms with Crippen molar-refractivity contribution >= 4 is 0 Å². The van der Waals surface area contributed by atoms with Crippen LogP contribution in [0.25, 0.3) is 0 Å². The summed E-state index contributed by atoms with van der Waals surface area (Å²) in [6, 6.07) is 9.34. The van der Waals surface area contributed by atoms with Gasteiger partial charge in [-0.1, -0.05) is 31.2 Å². The van der Waals surface area contributed by atoms with Crippen LogP contribution in [0.15, 0.2) is 36.7 Å². The number of rotatable bonds is 6. The maximum atomic E-state index is 4.21. The molecule has 0 radical (unpaired) electrons. The summed E-state index contributed by atoms with van der Waals surface area (Å²) in [6.07, 6.45) is 7.28. The summed E-state index contributed by atoms with van der Waals surface area (Å²) in [5, 5.41) is 7.62. The van der Waals surface area contributed by atoms with Crippen molar-refractivity contribution < 1.29 is 0 Å². The Morgan fingerprint density at radius 2 is 1.95 bits per heavy atom. The molecule has 1 unspecified atom stereocenters. The third kappa shape index (κ3) is 3.67. The van der Waals surface area contributed by atoms with E-state index < -0.39 is 0 Å². The van der Waals surface area contributed by atoms with E-state index in [9.17, 15) is 0 Å². The number of hydrogen-bond acceptors (Lipinski definition) is 2. The zero-order valence-corrected chi connectivity index (χ0v) is 12.1. The van der Waals surface area contributed by atoms with Gasteiger partial charge in [-0.05, 0) is 43.0 Å². The number of benzene rings is 1. The van der Waals surface area contributed by atoms with Gasteiger partial charge >= 0.3 is 0 Å². The summed E-state index contributed by atoms with van der Waals surface area (Å²) in [6.45, 7) is 2.19. The van der Waals surface area contributed by atoms with E-state index >= 15 is 0 Å². The highest BCUT2D eigenvalue weighted by molar-refractivity contribution is 5.25. The van der Waals surface area contributed by atoms with Crippen LogP contribution in [0.3, 0.4) is 0 Å². The Labute approximate surface area is 115 Å². The third-order valence-electron chi connectivity index (χ3n) is 3.62. The average molecular weight is 257 g/mol. The fourth-order valence-corrected chi connectivity index (χ4v) is 2.38. The Kier molecular flexibility index (Phi) is 4.74. The van der Waals surface area contributed by atoms with Crippen molar-refractivity contribution in [3.05, 3.63) is 53.3 Å². The first-order valence-electron chi connectivity index (χ1n) is 6.96. The van der Waals surface area contributed by atoms with Crippen molar-refractivity contribution in [3.8, 4) is 0 Å². The van der Waals surface area contributed by atoms with Gasteiger partial charge in [0.1, 0.15) is 0 Å². The van der Waals surface area contributed by atoms with Gasteiger partial charge < -0.3 is 5.32 Å². The minimum atomic E-state index is 0.408. The highest BCUT2D eigenvalue weighted by atomic mass is 15.2. The Hall–Kier alpha value is -1.61. The molecule has 0 aliphatic rings. The van der Waals surface area contributed by atoms with E-state index in [0.29, 0.717) is 6.04 Å². The van der Waals surface area contributed by atoms with Crippen molar-refractivity contribution in [3.63, 3.8) is 0 Å². The number of hydrogen-bond donors (Lipinski definition) is 1. The van der Waals surface area contributed by atoms with Crippen LogP contribution in [0.1, 0.15) is 36.1 Å². The van der Waals surface area contributed by atoms with Crippen molar-refractivity contribution in [1.82, 2.24) is 15.1 Å². The molecule has 0 spiro atoms. The van der Waals surface area contributed by atoms with E-state index in [4.69, 9.17) is 0 Å². The second kappa shape index (κ2) is 6.53. The lowest BCUT2D eigenvalue weighted by Crippen LogP contribution is -2.17. The first-order chi connectivity index (χ1) is 9.22. The number of aromatic nitrogens is 2. The highest BCUT2D eigenvalue weighted by Gasteiger charge is 2.09. The van der Waals surface area contributed by atoms with E-state index in [0.717, 1.165) is 19.3 Å². The molecule has 3 heteroatoms. The molecule has 19 heavy (non-hydrogen) atoms. The number of nitrogens with one attached hydrogen (secondary N) is 1. The van der Waals surface area contributed by atoms with Gasteiger partial charge in [0.2, 0.25) is 0 Å². The van der Waals surface area contributed by atoms with Crippen molar-refractivity contribution in [1.29, 1.82) is 0 Å². The van der Waals surface area contributed by atoms with E-state index in [2.05, 4.69) is 47.8 Å². The topological polar surface area (TPSA) is 29.9 Å². The van der Waals surface area contributed by atoms with Gasteiger partial charge in [-0.2, -0.15) is 5.10 Å². The molecule has 102 valence electrons.